The maximum absolute atomic E-state index is 13.3. The van der Waals surface area contributed by atoms with Gasteiger partial charge in [-0.1, -0.05) is 0 Å². The number of carbonyl (C=O) groups excluding carboxylic acids is 1. The van der Waals surface area contributed by atoms with Crippen molar-refractivity contribution in [2.24, 2.45) is 5.92 Å². The summed E-state index contributed by atoms with van der Waals surface area (Å²) < 4.78 is 26.4. The predicted octanol–water partition coefficient (Wildman–Crippen LogP) is 5.27. The molecule has 1 aliphatic heterocycles. The number of hydrogen-bond donors (Lipinski definition) is 1. The Hall–Kier alpha value is -2.64. The van der Waals surface area contributed by atoms with Gasteiger partial charge < -0.3 is 10.2 Å². The van der Waals surface area contributed by atoms with Gasteiger partial charge in [0.25, 0.3) is 0 Å². The van der Waals surface area contributed by atoms with E-state index in [-0.39, 0.29) is 23.3 Å². The molecule has 0 unspecified atom stereocenters. The molecule has 0 spiro atoms. The van der Waals surface area contributed by atoms with Crippen molar-refractivity contribution in [2.75, 3.05) is 32.0 Å². The zero-order valence-electron chi connectivity index (χ0n) is 17.4. The molecule has 3 aromatic rings. The number of halogens is 2. The number of nitrogens with one attached hydrogen (secondary N) is 1. The summed E-state index contributed by atoms with van der Waals surface area (Å²) in [5, 5.41) is 3.95. The zero-order valence-corrected chi connectivity index (χ0v) is 18.2. The third-order valence-corrected chi connectivity index (χ3v) is 6.90. The SMILES string of the molecule is CNc1nc(-c2ccc(F)cc2)c(CCN2CCC(C(=O)c3ccc(F)cc3)CC2)s1. The minimum absolute atomic E-state index is 0.00390. The van der Waals surface area contributed by atoms with Crippen LogP contribution in [0.4, 0.5) is 13.9 Å². The molecular weight excluding hydrogens is 416 g/mol. The molecule has 4 rings (SSSR count). The smallest absolute Gasteiger partial charge is 0.183 e. The van der Waals surface area contributed by atoms with Crippen LogP contribution in [-0.4, -0.2) is 42.3 Å². The fourth-order valence-electron chi connectivity index (χ4n) is 3.99. The van der Waals surface area contributed by atoms with E-state index in [2.05, 4.69) is 15.2 Å². The van der Waals surface area contributed by atoms with Crippen molar-refractivity contribution in [3.05, 3.63) is 70.6 Å². The van der Waals surface area contributed by atoms with Crippen molar-refractivity contribution in [3.8, 4) is 11.3 Å². The van der Waals surface area contributed by atoms with Gasteiger partial charge in [0.05, 0.1) is 5.69 Å². The second-order valence-electron chi connectivity index (χ2n) is 7.78. The quantitative estimate of drug-likeness (QED) is 0.508. The van der Waals surface area contributed by atoms with E-state index in [1.165, 1.54) is 29.1 Å². The van der Waals surface area contributed by atoms with E-state index in [9.17, 15) is 13.6 Å². The van der Waals surface area contributed by atoms with Crippen LogP contribution in [0.25, 0.3) is 11.3 Å². The number of anilines is 1. The largest absolute Gasteiger partial charge is 0.365 e. The second kappa shape index (κ2) is 9.66. The van der Waals surface area contributed by atoms with Gasteiger partial charge in [0.15, 0.2) is 10.9 Å². The van der Waals surface area contributed by atoms with Crippen LogP contribution in [0.15, 0.2) is 48.5 Å². The summed E-state index contributed by atoms with van der Waals surface area (Å²) in [6, 6.07) is 12.3. The van der Waals surface area contributed by atoms with Gasteiger partial charge in [-0.3, -0.25) is 4.79 Å². The van der Waals surface area contributed by atoms with Crippen LogP contribution < -0.4 is 5.32 Å². The molecule has 2 heterocycles. The lowest BCUT2D eigenvalue weighted by Crippen LogP contribution is -2.37. The topological polar surface area (TPSA) is 45.2 Å². The molecule has 0 radical (unpaired) electrons. The number of carbonyl (C=O) groups is 1. The average Bonchev–Trinajstić information content (AvgIpc) is 3.22. The van der Waals surface area contributed by atoms with Crippen LogP contribution in [0, 0.1) is 17.6 Å². The molecular formula is C24H25F2N3OS. The first-order valence-electron chi connectivity index (χ1n) is 10.5. The summed E-state index contributed by atoms with van der Waals surface area (Å²) in [4.78, 5) is 20.9. The number of rotatable bonds is 7. The molecule has 0 saturated carbocycles. The van der Waals surface area contributed by atoms with E-state index >= 15 is 0 Å². The first-order valence-corrected chi connectivity index (χ1v) is 11.3. The first kappa shape index (κ1) is 21.6. The number of thiazole rings is 1. The molecule has 1 fully saturated rings. The first-order chi connectivity index (χ1) is 15.0. The lowest BCUT2D eigenvalue weighted by Gasteiger charge is -2.31. The van der Waals surface area contributed by atoms with Crippen LogP contribution >= 0.6 is 11.3 Å². The van der Waals surface area contributed by atoms with Gasteiger partial charge in [0, 0.05) is 35.5 Å². The Labute approximate surface area is 184 Å². The van der Waals surface area contributed by atoms with Crippen molar-refractivity contribution in [1.82, 2.24) is 9.88 Å². The number of aromatic nitrogens is 1. The number of likely N-dealkylation sites (tertiary alicyclic amines) is 1. The molecule has 1 aliphatic rings. The summed E-state index contributed by atoms with van der Waals surface area (Å²) in [5.41, 5.74) is 2.40. The summed E-state index contributed by atoms with van der Waals surface area (Å²) in [5.74, 6) is -0.474. The molecule has 7 heteroatoms. The fraction of sp³-hybridized carbons (Fsp3) is 0.333. The van der Waals surface area contributed by atoms with Crippen molar-refractivity contribution in [3.63, 3.8) is 0 Å². The van der Waals surface area contributed by atoms with Gasteiger partial charge in [-0.15, -0.1) is 11.3 Å². The number of Topliss-reactive ketones (excluding diaryl/α,β-unsaturated/α-hetero) is 1. The van der Waals surface area contributed by atoms with E-state index < -0.39 is 0 Å². The maximum atomic E-state index is 13.3. The molecule has 0 amide bonds. The van der Waals surface area contributed by atoms with E-state index in [1.807, 2.05) is 7.05 Å². The van der Waals surface area contributed by atoms with Crippen LogP contribution in [0.2, 0.25) is 0 Å². The van der Waals surface area contributed by atoms with Gasteiger partial charge in [0.1, 0.15) is 11.6 Å². The normalized spacial score (nSPS) is 15.2. The molecule has 2 aromatic carbocycles. The predicted molar refractivity (Wildman–Crippen MR) is 121 cm³/mol. The number of benzene rings is 2. The summed E-state index contributed by atoms with van der Waals surface area (Å²) in [6.45, 7) is 2.61. The number of piperidine rings is 1. The standard InChI is InChI=1S/C24H25F2N3OS/c1-27-24-28-22(16-2-6-19(25)7-3-16)21(31-24)12-15-29-13-10-18(11-14-29)23(30)17-4-8-20(26)9-5-17/h2-9,18H,10-15H2,1H3,(H,27,28). The third kappa shape index (κ3) is 5.17. The lowest BCUT2D eigenvalue weighted by molar-refractivity contribution is 0.0841. The number of hydrogen-bond acceptors (Lipinski definition) is 5. The van der Waals surface area contributed by atoms with Crippen LogP contribution in [-0.2, 0) is 6.42 Å². The summed E-state index contributed by atoms with van der Waals surface area (Å²) in [7, 11) is 1.85. The van der Waals surface area contributed by atoms with E-state index in [0.29, 0.717) is 5.56 Å². The molecule has 0 bridgehead atoms. The highest BCUT2D eigenvalue weighted by atomic mass is 32.1. The average molecular weight is 442 g/mol. The molecule has 162 valence electrons. The Balaban J connectivity index is 1.35. The van der Waals surface area contributed by atoms with Crippen LogP contribution in [0.5, 0.6) is 0 Å². The third-order valence-electron chi connectivity index (χ3n) is 5.77. The summed E-state index contributed by atoms with van der Waals surface area (Å²) in [6.07, 6.45) is 2.47. The van der Waals surface area contributed by atoms with Gasteiger partial charge in [-0.25, -0.2) is 13.8 Å². The summed E-state index contributed by atoms with van der Waals surface area (Å²) >= 11 is 1.62. The van der Waals surface area contributed by atoms with Crippen molar-refractivity contribution < 1.29 is 13.6 Å². The highest BCUT2D eigenvalue weighted by Crippen LogP contribution is 2.32. The van der Waals surface area contributed by atoms with Gasteiger partial charge >= 0.3 is 0 Å². The fourth-order valence-corrected chi connectivity index (χ4v) is 4.92. The van der Waals surface area contributed by atoms with Gasteiger partial charge in [0.2, 0.25) is 0 Å². The highest BCUT2D eigenvalue weighted by Gasteiger charge is 2.26. The molecule has 4 nitrogen and oxygen atoms in total. The second-order valence-corrected chi connectivity index (χ2v) is 8.87. The van der Waals surface area contributed by atoms with Gasteiger partial charge in [-0.05, 0) is 80.9 Å². The Morgan fingerprint density at radius 1 is 1.06 bits per heavy atom. The van der Waals surface area contributed by atoms with Gasteiger partial charge in [-0.2, -0.15) is 0 Å². The maximum Gasteiger partial charge on any atom is 0.183 e. The number of nitrogens with zero attached hydrogens (tertiary/aromatic N) is 2. The van der Waals surface area contributed by atoms with E-state index in [0.717, 1.165) is 55.3 Å². The monoisotopic (exact) mass is 441 g/mol. The van der Waals surface area contributed by atoms with Crippen molar-refractivity contribution >= 4 is 22.3 Å². The Kier molecular flexibility index (Phi) is 6.73. The van der Waals surface area contributed by atoms with E-state index in [4.69, 9.17) is 0 Å². The van der Waals surface area contributed by atoms with Crippen LogP contribution in [0.1, 0.15) is 28.1 Å². The lowest BCUT2D eigenvalue weighted by atomic mass is 9.89. The minimum atomic E-state index is -0.323. The molecule has 1 aromatic heterocycles. The van der Waals surface area contributed by atoms with Crippen LogP contribution in [0.3, 0.4) is 0 Å². The zero-order chi connectivity index (χ0) is 21.8. The Bertz CT molecular complexity index is 1030. The molecule has 0 aliphatic carbocycles. The molecule has 31 heavy (non-hydrogen) atoms. The Morgan fingerprint density at radius 3 is 2.29 bits per heavy atom. The molecule has 0 atom stereocenters. The number of ketones is 1. The molecule has 1 saturated heterocycles. The van der Waals surface area contributed by atoms with E-state index in [1.54, 1.807) is 35.6 Å². The van der Waals surface area contributed by atoms with Crippen molar-refractivity contribution in [2.45, 2.75) is 19.3 Å². The highest BCUT2D eigenvalue weighted by molar-refractivity contribution is 7.16. The minimum Gasteiger partial charge on any atom is -0.365 e. The Morgan fingerprint density at radius 2 is 1.68 bits per heavy atom. The van der Waals surface area contributed by atoms with Crippen molar-refractivity contribution in [1.29, 1.82) is 0 Å². The molecule has 1 N–H and O–H groups in total.